The first-order chi connectivity index (χ1) is 9.81. The van der Waals surface area contributed by atoms with Gasteiger partial charge < -0.3 is 10.0 Å². The minimum Gasteiger partial charge on any atom is -0.481 e. The molecule has 21 heavy (non-hydrogen) atoms. The molecule has 1 amide bonds. The number of amides is 1. The normalized spacial score (nSPS) is 22.1. The maximum absolute atomic E-state index is 12.2. The smallest absolute Gasteiger partial charge is 0.309 e. The molecule has 0 aliphatic carbocycles. The summed E-state index contributed by atoms with van der Waals surface area (Å²) in [6, 6.07) is 4.41. The first-order valence-corrected chi connectivity index (χ1v) is 7.54. The highest BCUT2D eigenvalue weighted by Gasteiger charge is 2.45. The van der Waals surface area contributed by atoms with Crippen LogP contribution in [0, 0.1) is 11.8 Å². The summed E-state index contributed by atoms with van der Waals surface area (Å²) in [6.45, 7) is 4.48. The van der Waals surface area contributed by atoms with Gasteiger partial charge in [-0.25, -0.2) is 0 Å². The summed E-state index contributed by atoms with van der Waals surface area (Å²) < 4.78 is 0. The molecule has 1 aromatic carbocycles. The van der Waals surface area contributed by atoms with E-state index in [2.05, 4.69) is 0 Å². The monoisotopic (exact) mass is 329 g/mol. The molecule has 0 radical (unpaired) electrons. The third kappa shape index (κ3) is 3.33. The Morgan fingerprint density at radius 1 is 1.43 bits per heavy atom. The third-order valence-electron chi connectivity index (χ3n) is 3.59. The molecule has 2 unspecified atom stereocenters. The van der Waals surface area contributed by atoms with Crippen LogP contribution in [0.5, 0.6) is 0 Å². The third-order valence-corrected chi connectivity index (χ3v) is 4.15. The van der Waals surface area contributed by atoms with Crippen LogP contribution in [-0.4, -0.2) is 28.4 Å². The molecule has 2 rings (SSSR count). The van der Waals surface area contributed by atoms with Gasteiger partial charge in [0.2, 0.25) is 5.91 Å². The van der Waals surface area contributed by atoms with Crippen LogP contribution in [0.4, 0.5) is 0 Å². The molecule has 0 bridgehead atoms. The number of carboxylic acid groups (broad SMARTS) is 1. The average molecular weight is 330 g/mol. The van der Waals surface area contributed by atoms with Gasteiger partial charge in [-0.05, 0) is 23.6 Å². The Balaban J connectivity index is 2.46. The number of benzene rings is 1. The molecule has 1 aliphatic rings. The van der Waals surface area contributed by atoms with Crippen molar-refractivity contribution >= 4 is 35.1 Å². The molecule has 1 N–H and O–H groups in total. The van der Waals surface area contributed by atoms with Crippen LogP contribution in [0.3, 0.4) is 0 Å². The predicted molar refractivity (Wildman–Crippen MR) is 81.5 cm³/mol. The Bertz CT molecular complexity index is 574. The van der Waals surface area contributed by atoms with Gasteiger partial charge >= 0.3 is 5.97 Å². The summed E-state index contributed by atoms with van der Waals surface area (Å²) in [5.41, 5.74) is 0.639. The van der Waals surface area contributed by atoms with Gasteiger partial charge in [0, 0.05) is 23.0 Å². The van der Waals surface area contributed by atoms with Gasteiger partial charge in [-0.15, -0.1) is 0 Å². The van der Waals surface area contributed by atoms with Crippen molar-refractivity contribution in [2.24, 2.45) is 11.8 Å². The summed E-state index contributed by atoms with van der Waals surface area (Å²) in [6.07, 6.45) is 0.00563. The van der Waals surface area contributed by atoms with Gasteiger partial charge in [-0.1, -0.05) is 43.1 Å². The van der Waals surface area contributed by atoms with Crippen molar-refractivity contribution in [1.29, 1.82) is 0 Å². The molecule has 6 heteroatoms. The molecular weight excluding hydrogens is 313 g/mol. The van der Waals surface area contributed by atoms with Gasteiger partial charge in [0.15, 0.2) is 0 Å². The van der Waals surface area contributed by atoms with E-state index in [1.807, 2.05) is 13.8 Å². The topological polar surface area (TPSA) is 57.6 Å². The van der Waals surface area contributed by atoms with Crippen LogP contribution in [-0.2, 0) is 9.59 Å². The van der Waals surface area contributed by atoms with E-state index in [9.17, 15) is 14.7 Å². The lowest BCUT2D eigenvalue weighted by Crippen LogP contribution is -2.33. The number of carbonyl (C=O) groups is 2. The Labute approximate surface area is 133 Å². The number of rotatable bonds is 4. The number of likely N-dealkylation sites (tertiary alicyclic amines) is 1. The number of carboxylic acids is 1. The zero-order valence-corrected chi connectivity index (χ0v) is 13.4. The maximum atomic E-state index is 12.2. The number of halogens is 2. The fraction of sp³-hybridized carbons (Fsp3) is 0.467. The predicted octanol–water partition coefficient (Wildman–Crippen LogP) is 3.62. The zero-order valence-electron chi connectivity index (χ0n) is 11.8. The first kappa shape index (κ1) is 16.1. The number of hydrogen-bond donors (Lipinski definition) is 1. The molecule has 1 aliphatic heterocycles. The van der Waals surface area contributed by atoms with Crippen molar-refractivity contribution < 1.29 is 14.7 Å². The van der Waals surface area contributed by atoms with Crippen molar-refractivity contribution in [3.05, 3.63) is 33.8 Å². The Morgan fingerprint density at radius 2 is 2.10 bits per heavy atom. The van der Waals surface area contributed by atoms with Gasteiger partial charge in [-0.3, -0.25) is 9.59 Å². The Kier molecular flexibility index (Phi) is 4.79. The fourth-order valence-corrected chi connectivity index (χ4v) is 3.27. The van der Waals surface area contributed by atoms with Crippen molar-refractivity contribution in [2.45, 2.75) is 26.3 Å². The van der Waals surface area contributed by atoms with Crippen molar-refractivity contribution in [1.82, 2.24) is 4.90 Å². The van der Waals surface area contributed by atoms with Crippen LogP contribution < -0.4 is 0 Å². The standard InChI is InChI=1S/C15H17Cl2NO3/c1-8(2)7-18-13(19)6-11(15(20)21)14(18)10-4-3-9(16)5-12(10)17/h3-5,8,11,14H,6-7H2,1-2H3,(H,20,21). The van der Waals surface area contributed by atoms with Crippen LogP contribution in [0.1, 0.15) is 31.9 Å². The summed E-state index contributed by atoms with van der Waals surface area (Å²) >= 11 is 12.1. The molecule has 114 valence electrons. The lowest BCUT2D eigenvalue weighted by molar-refractivity contribution is -0.142. The minimum absolute atomic E-state index is 0.00563. The molecule has 0 aromatic heterocycles. The fourth-order valence-electron chi connectivity index (χ4n) is 2.75. The zero-order chi connectivity index (χ0) is 15.7. The molecule has 0 spiro atoms. The van der Waals surface area contributed by atoms with Gasteiger partial charge in [0.25, 0.3) is 0 Å². The van der Waals surface area contributed by atoms with E-state index in [-0.39, 0.29) is 18.2 Å². The second kappa shape index (κ2) is 6.24. The van der Waals surface area contributed by atoms with Gasteiger partial charge in [-0.2, -0.15) is 0 Å². The highest BCUT2D eigenvalue weighted by Crippen LogP contribution is 2.42. The lowest BCUT2D eigenvalue weighted by Gasteiger charge is -2.29. The molecule has 1 heterocycles. The van der Waals surface area contributed by atoms with E-state index in [1.54, 1.807) is 23.1 Å². The first-order valence-electron chi connectivity index (χ1n) is 6.78. The number of nitrogens with zero attached hydrogens (tertiary/aromatic N) is 1. The van der Waals surface area contributed by atoms with Gasteiger partial charge in [0.05, 0.1) is 12.0 Å². The largest absolute Gasteiger partial charge is 0.481 e. The van der Waals surface area contributed by atoms with E-state index >= 15 is 0 Å². The average Bonchev–Trinajstić information content (AvgIpc) is 2.67. The molecule has 0 saturated carbocycles. The molecule has 1 saturated heterocycles. The Morgan fingerprint density at radius 3 is 2.62 bits per heavy atom. The summed E-state index contributed by atoms with van der Waals surface area (Å²) in [5, 5.41) is 10.3. The van der Waals surface area contributed by atoms with Crippen LogP contribution in [0.25, 0.3) is 0 Å². The lowest BCUT2D eigenvalue weighted by atomic mass is 9.93. The highest BCUT2D eigenvalue weighted by atomic mass is 35.5. The van der Waals surface area contributed by atoms with Crippen LogP contribution in [0.15, 0.2) is 18.2 Å². The van der Waals surface area contributed by atoms with Crippen molar-refractivity contribution in [3.8, 4) is 0 Å². The van der Waals surface area contributed by atoms with Gasteiger partial charge in [0.1, 0.15) is 0 Å². The summed E-state index contributed by atoms with van der Waals surface area (Å²) in [5.74, 6) is -1.66. The minimum atomic E-state index is -0.981. The quantitative estimate of drug-likeness (QED) is 0.917. The highest BCUT2D eigenvalue weighted by molar-refractivity contribution is 6.35. The molecule has 4 nitrogen and oxygen atoms in total. The van der Waals surface area contributed by atoms with Crippen molar-refractivity contribution in [3.63, 3.8) is 0 Å². The number of carbonyl (C=O) groups excluding carboxylic acids is 1. The van der Waals surface area contributed by atoms with E-state index in [4.69, 9.17) is 23.2 Å². The Hall–Kier alpha value is -1.26. The second-order valence-electron chi connectivity index (χ2n) is 5.70. The molecular formula is C15H17Cl2NO3. The SMILES string of the molecule is CC(C)CN1C(=O)CC(C(=O)O)C1c1ccc(Cl)cc1Cl. The number of aliphatic carboxylic acids is 1. The van der Waals surface area contributed by atoms with E-state index in [0.717, 1.165) is 0 Å². The summed E-state index contributed by atoms with van der Waals surface area (Å²) in [4.78, 5) is 25.3. The van der Waals surface area contributed by atoms with E-state index in [0.29, 0.717) is 22.2 Å². The molecule has 1 aromatic rings. The van der Waals surface area contributed by atoms with E-state index < -0.39 is 17.9 Å². The van der Waals surface area contributed by atoms with E-state index in [1.165, 1.54) is 0 Å². The number of hydrogen-bond acceptors (Lipinski definition) is 2. The second-order valence-corrected chi connectivity index (χ2v) is 6.54. The van der Waals surface area contributed by atoms with Crippen LogP contribution >= 0.6 is 23.2 Å². The maximum Gasteiger partial charge on any atom is 0.309 e. The van der Waals surface area contributed by atoms with Crippen molar-refractivity contribution in [2.75, 3.05) is 6.54 Å². The summed E-state index contributed by atoms with van der Waals surface area (Å²) in [7, 11) is 0. The molecule has 2 atom stereocenters. The van der Waals surface area contributed by atoms with Crippen LogP contribution in [0.2, 0.25) is 10.0 Å². The molecule has 1 fully saturated rings.